The Morgan fingerprint density at radius 1 is 0.614 bits per heavy atom. The molecule has 1 atom stereocenters. The Balaban J connectivity index is 0.000000488. The first kappa shape index (κ1) is 33.8. The van der Waals surface area contributed by atoms with Gasteiger partial charge < -0.3 is 4.55 Å². The lowest BCUT2D eigenvalue weighted by atomic mass is 10.1. The number of halogens is 5. The van der Waals surface area contributed by atoms with E-state index in [1.165, 1.54) is 27.0 Å². The lowest BCUT2D eigenvalue weighted by Gasteiger charge is -2.33. The van der Waals surface area contributed by atoms with E-state index < -0.39 is 22.9 Å². The Morgan fingerprint density at radius 2 is 0.955 bits per heavy atom. The van der Waals surface area contributed by atoms with Crippen molar-refractivity contribution in [2.75, 3.05) is 0 Å². The van der Waals surface area contributed by atoms with Crippen LogP contribution in [0.1, 0.15) is 16.8 Å². The van der Waals surface area contributed by atoms with E-state index in [9.17, 15) is 13.2 Å². The van der Waals surface area contributed by atoms with Crippen LogP contribution in [0.5, 0.6) is 0 Å². The topological polar surface area (TPSA) is 57.2 Å². The highest BCUT2D eigenvalue weighted by Gasteiger charge is 2.52. The molecule has 0 spiro atoms. The molecule has 0 saturated carbocycles. The van der Waals surface area contributed by atoms with Crippen molar-refractivity contribution in [3.05, 3.63) is 166 Å². The Kier molecular flexibility index (Phi) is 11.4. The zero-order chi connectivity index (χ0) is 31.8. The number of rotatable bonds is 7. The fourth-order valence-corrected chi connectivity index (χ4v) is 10.1. The molecule has 1 unspecified atom stereocenters. The van der Waals surface area contributed by atoms with Crippen LogP contribution in [-0.4, -0.2) is 18.5 Å². The molecule has 0 radical (unpaired) electrons. The van der Waals surface area contributed by atoms with E-state index in [1.807, 2.05) is 0 Å². The third kappa shape index (κ3) is 8.14. The lowest BCUT2D eigenvalue weighted by Crippen LogP contribution is -2.34. The molecule has 0 fully saturated rings. The fourth-order valence-electron chi connectivity index (χ4n) is 4.82. The van der Waals surface area contributed by atoms with Crippen LogP contribution in [0.3, 0.4) is 0 Å². The van der Waals surface area contributed by atoms with Crippen LogP contribution in [0.25, 0.3) is 6.08 Å². The molecule has 0 aliphatic rings. The molecule has 5 rings (SSSR count). The molecule has 0 aliphatic heterocycles. The largest absolute Gasteiger partial charge is 0.741 e. The van der Waals surface area contributed by atoms with Crippen LogP contribution >= 0.6 is 39.1 Å². The first-order valence-corrected chi connectivity index (χ1v) is 18.0. The average Bonchev–Trinajstić information content (AvgIpc) is 3.01. The standard InChI is InChI=1S/C33H26Br2P.CHF3O3S/c34-28-21-16-26(17-22-28)18-25-33(27-19-23-29(35)24-20-27)36(30-10-4-1-5-11-30,31-12-6-2-7-13-31)32-14-8-3-9-15-32;2-1(3,4)8(5,6)7/h1-25,33H;(H,5,6,7)/q+1;/p-1/b25-18+;. The van der Waals surface area contributed by atoms with Gasteiger partial charge in [0.25, 0.3) is 0 Å². The highest BCUT2D eigenvalue weighted by atomic mass is 79.9. The van der Waals surface area contributed by atoms with E-state index in [-0.39, 0.29) is 5.66 Å². The predicted octanol–water partition coefficient (Wildman–Crippen LogP) is 9.01. The molecular formula is C34H26Br2F3O3PS. The van der Waals surface area contributed by atoms with Crippen molar-refractivity contribution in [2.45, 2.75) is 11.2 Å². The smallest absolute Gasteiger partial charge is 0.485 e. The Morgan fingerprint density at radius 3 is 1.30 bits per heavy atom. The first-order valence-electron chi connectivity index (χ1n) is 13.2. The number of benzene rings is 5. The Hall–Kier alpha value is -3.07. The summed E-state index contributed by atoms with van der Waals surface area (Å²) in [5, 5.41) is 4.11. The van der Waals surface area contributed by atoms with Crippen LogP contribution in [0.2, 0.25) is 0 Å². The summed E-state index contributed by atoms with van der Waals surface area (Å²) < 4.78 is 61.1. The molecule has 226 valence electrons. The van der Waals surface area contributed by atoms with Gasteiger partial charge in [0.1, 0.15) is 28.8 Å². The Labute approximate surface area is 272 Å². The van der Waals surface area contributed by atoms with Gasteiger partial charge in [-0.25, -0.2) is 8.42 Å². The van der Waals surface area contributed by atoms with Crippen LogP contribution < -0.4 is 15.9 Å². The molecule has 0 bridgehead atoms. The summed E-state index contributed by atoms with van der Waals surface area (Å²) in [4.78, 5) is 0. The van der Waals surface area contributed by atoms with Crippen LogP contribution in [0.15, 0.2) is 155 Å². The number of allylic oxidation sites excluding steroid dienone is 1. The highest BCUT2D eigenvalue weighted by molar-refractivity contribution is 9.10. The third-order valence-electron chi connectivity index (χ3n) is 6.74. The van der Waals surface area contributed by atoms with Gasteiger partial charge in [-0.1, -0.05) is 117 Å². The van der Waals surface area contributed by atoms with Gasteiger partial charge in [-0.15, -0.1) is 0 Å². The molecule has 0 aliphatic carbocycles. The van der Waals surface area contributed by atoms with Gasteiger partial charge in [0.05, 0.1) is 0 Å². The van der Waals surface area contributed by atoms with Crippen molar-refractivity contribution in [1.29, 1.82) is 0 Å². The maximum Gasteiger partial charge on any atom is 0.485 e. The Bertz CT molecular complexity index is 1670. The summed E-state index contributed by atoms with van der Waals surface area (Å²) in [6.07, 6.45) is 4.70. The van der Waals surface area contributed by atoms with Crippen molar-refractivity contribution < 1.29 is 26.1 Å². The van der Waals surface area contributed by atoms with Crippen LogP contribution in [-0.2, 0) is 10.1 Å². The molecule has 0 saturated heterocycles. The van der Waals surface area contributed by atoms with Crippen LogP contribution in [0, 0.1) is 0 Å². The molecule has 0 N–H and O–H groups in total. The van der Waals surface area contributed by atoms with E-state index in [0.29, 0.717) is 0 Å². The van der Waals surface area contributed by atoms with Gasteiger partial charge in [-0.2, -0.15) is 13.2 Å². The summed E-state index contributed by atoms with van der Waals surface area (Å²) in [6, 6.07) is 50.6. The second-order valence-corrected chi connectivity index (χ2v) is 16.3. The maximum absolute atomic E-state index is 10.7. The second-order valence-electron chi connectivity index (χ2n) is 9.54. The van der Waals surface area contributed by atoms with Crippen molar-refractivity contribution >= 4 is 71.2 Å². The molecule has 10 heteroatoms. The minimum Gasteiger partial charge on any atom is -0.741 e. The summed E-state index contributed by atoms with van der Waals surface area (Å²) in [5.41, 5.74) is -3.02. The summed E-state index contributed by atoms with van der Waals surface area (Å²) >= 11 is 7.22. The first-order chi connectivity index (χ1) is 20.9. The zero-order valence-corrected chi connectivity index (χ0v) is 27.9. The molecular weight excluding hydrogens is 736 g/mol. The van der Waals surface area contributed by atoms with Gasteiger partial charge in [0.15, 0.2) is 10.1 Å². The zero-order valence-electron chi connectivity index (χ0n) is 23.0. The lowest BCUT2D eigenvalue weighted by molar-refractivity contribution is -0.0517. The second kappa shape index (κ2) is 14.8. The molecule has 0 aromatic heterocycles. The summed E-state index contributed by atoms with van der Waals surface area (Å²) in [7, 11) is -8.25. The van der Waals surface area contributed by atoms with Gasteiger partial charge in [0.2, 0.25) is 0 Å². The average molecular weight is 762 g/mol. The molecule has 5 aromatic carbocycles. The summed E-state index contributed by atoms with van der Waals surface area (Å²) in [6.45, 7) is 0. The van der Waals surface area contributed by atoms with Gasteiger partial charge in [0, 0.05) is 8.95 Å². The van der Waals surface area contributed by atoms with E-state index in [2.05, 4.69) is 184 Å². The van der Waals surface area contributed by atoms with Gasteiger partial charge in [-0.05, 0) is 77.9 Å². The SMILES string of the molecule is Brc1ccc(/C=C/C(c2ccc(Br)cc2)[P+](c2ccccc2)(c2ccccc2)c2ccccc2)cc1.O=S(=O)([O-])C(F)(F)F. The molecule has 44 heavy (non-hydrogen) atoms. The van der Waals surface area contributed by atoms with Crippen LogP contribution in [0.4, 0.5) is 13.2 Å². The molecule has 3 nitrogen and oxygen atoms in total. The van der Waals surface area contributed by atoms with E-state index in [4.69, 9.17) is 13.0 Å². The highest BCUT2D eigenvalue weighted by Crippen LogP contribution is 2.67. The van der Waals surface area contributed by atoms with E-state index in [0.717, 1.165) is 8.95 Å². The molecule has 0 heterocycles. The normalized spacial score (nSPS) is 12.8. The van der Waals surface area contributed by atoms with E-state index in [1.54, 1.807) is 0 Å². The minimum atomic E-state index is -6.09. The molecule has 0 amide bonds. The minimum absolute atomic E-state index is 0.140. The molecule has 5 aromatic rings. The van der Waals surface area contributed by atoms with Gasteiger partial charge >= 0.3 is 5.51 Å². The maximum atomic E-state index is 10.7. The van der Waals surface area contributed by atoms with Crippen molar-refractivity contribution in [3.8, 4) is 0 Å². The van der Waals surface area contributed by atoms with E-state index >= 15 is 0 Å². The number of hydrogen-bond donors (Lipinski definition) is 0. The summed E-state index contributed by atoms with van der Waals surface area (Å²) in [5.74, 6) is 0. The fraction of sp³-hybridized carbons (Fsp3) is 0.0588. The van der Waals surface area contributed by atoms with Crippen molar-refractivity contribution in [2.24, 2.45) is 0 Å². The monoisotopic (exact) mass is 760 g/mol. The predicted molar refractivity (Wildman–Crippen MR) is 181 cm³/mol. The van der Waals surface area contributed by atoms with Crippen molar-refractivity contribution in [1.82, 2.24) is 0 Å². The number of hydrogen-bond acceptors (Lipinski definition) is 3. The van der Waals surface area contributed by atoms with Crippen molar-refractivity contribution in [3.63, 3.8) is 0 Å². The quantitative estimate of drug-likeness (QED) is 0.0946. The third-order valence-corrected chi connectivity index (χ3v) is 13.0. The van der Waals surface area contributed by atoms with Gasteiger partial charge in [-0.3, -0.25) is 0 Å². The number of alkyl halides is 3.